The summed E-state index contributed by atoms with van der Waals surface area (Å²) < 4.78 is 0. The third-order valence-electron chi connectivity index (χ3n) is 4.14. The molecule has 3 aromatic carbocycles. The van der Waals surface area contributed by atoms with Crippen LogP contribution in [0.25, 0.3) is 4.91 Å². The fourth-order valence-corrected chi connectivity index (χ4v) is 3.58. The standard InChI is InChI=1S/C24H23NS/c1-18-8-12-21(13-9-18)25-17-16-24(23-7-5-4-6-20(23)3)26-22-14-10-19(2)11-15-22/h4-17H,1-3H3. The molecule has 3 rings (SSSR count). The van der Waals surface area contributed by atoms with E-state index in [0.717, 1.165) is 5.69 Å². The third kappa shape index (κ3) is 4.96. The van der Waals surface area contributed by atoms with Gasteiger partial charge in [-0.05, 0) is 62.2 Å². The lowest BCUT2D eigenvalue weighted by atomic mass is 10.1. The molecule has 0 aromatic heterocycles. The lowest BCUT2D eigenvalue weighted by Crippen LogP contribution is -1.87. The Hall–Kier alpha value is -2.58. The van der Waals surface area contributed by atoms with Gasteiger partial charge in [0.2, 0.25) is 0 Å². The Kier molecular flexibility index (Phi) is 6.08. The molecule has 2 heteroatoms. The van der Waals surface area contributed by atoms with Crippen molar-refractivity contribution in [2.24, 2.45) is 4.99 Å². The number of aryl methyl sites for hydroxylation is 3. The first-order chi connectivity index (χ1) is 12.6. The quantitative estimate of drug-likeness (QED) is 0.349. The Morgan fingerprint density at radius 2 is 1.38 bits per heavy atom. The second-order valence-electron chi connectivity index (χ2n) is 6.37. The Morgan fingerprint density at radius 3 is 2.04 bits per heavy atom. The first-order valence-corrected chi connectivity index (χ1v) is 9.55. The van der Waals surface area contributed by atoms with Crippen molar-refractivity contribution in [3.63, 3.8) is 0 Å². The van der Waals surface area contributed by atoms with Crippen LogP contribution in [0.3, 0.4) is 0 Å². The van der Waals surface area contributed by atoms with Crippen molar-refractivity contribution in [1.29, 1.82) is 0 Å². The highest BCUT2D eigenvalue weighted by Gasteiger charge is 2.06. The van der Waals surface area contributed by atoms with E-state index in [1.54, 1.807) is 11.8 Å². The maximum Gasteiger partial charge on any atom is 0.0629 e. The first kappa shape index (κ1) is 18.2. The molecule has 130 valence electrons. The molecule has 0 fully saturated rings. The van der Waals surface area contributed by atoms with Gasteiger partial charge in [-0.3, -0.25) is 4.99 Å². The van der Waals surface area contributed by atoms with Crippen LogP contribution < -0.4 is 0 Å². The summed E-state index contributed by atoms with van der Waals surface area (Å²) >= 11 is 1.77. The van der Waals surface area contributed by atoms with E-state index in [1.165, 1.54) is 32.1 Å². The fraction of sp³-hybridized carbons (Fsp3) is 0.125. The molecule has 0 N–H and O–H groups in total. The molecule has 0 aliphatic rings. The zero-order chi connectivity index (χ0) is 18.4. The van der Waals surface area contributed by atoms with Crippen molar-refractivity contribution < 1.29 is 0 Å². The molecule has 0 saturated heterocycles. The minimum Gasteiger partial charge on any atom is -0.257 e. The highest BCUT2D eigenvalue weighted by Crippen LogP contribution is 2.35. The van der Waals surface area contributed by atoms with Crippen molar-refractivity contribution >= 4 is 28.6 Å². The summed E-state index contributed by atoms with van der Waals surface area (Å²) in [7, 11) is 0. The molecule has 0 atom stereocenters. The van der Waals surface area contributed by atoms with E-state index in [2.05, 4.69) is 92.5 Å². The zero-order valence-electron chi connectivity index (χ0n) is 15.4. The van der Waals surface area contributed by atoms with Gasteiger partial charge < -0.3 is 0 Å². The number of hydrogen-bond acceptors (Lipinski definition) is 2. The van der Waals surface area contributed by atoms with E-state index in [1.807, 2.05) is 18.3 Å². The van der Waals surface area contributed by atoms with Crippen LogP contribution in [0.5, 0.6) is 0 Å². The summed E-state index contributed by atoms with van der Waals surface area (Å²) in [5.41, 5.74) is 6.00. The van der Waals surface area contributed by atoms with Gasteiger partial charge >= 0.3 is 0 Å². The maximum atomic E-state index is 4.58. The van der Waals surface area contributed by atoms with Gasteiger partial charge in [0, 0.05) is 16.0 Å². The molecule has 3 aromatic rings. The molecule has 0 unspecified atom stereocenters. The van der Waals surface area contributed by atoms with Gasteiger partial charge in [0.25, 0.3) is 0 Å². The van der Waals surface area contributed by atoms with Gasteiger partial charge in [0.1, 0.15) is 0 Å². The Labute approximate surface area is 160 Å². The number of hydrogen-bond donors (Lipinski definition) is 0. The SMILES string of the molecule is Cc1ccc(N=CC=C(Sc2ccc(C)cc2)c2ccccc2C)cc1. The Balaban J connectivity index is 1.90. The van der Waals surface area contributed by atoms with Gasteiger partial charge in [-0.1, -0.05) is 71.4 Å². The minimum absolute atomic E-state index is 0.969. The van der Waals surface area contributed by atoms with Gasteiger partial charge in [0.15, 0.2) is 0 Å². The lowest BCUT2D eigenvalue weighted by Gasteiger charge is -2.10. The number of thioether (sulfide) groups is 1. The average Bonchev–Trinajstić information content (AvgIpc) is 2.65. The van der Waals surface area contributed by atoms with Crippen molar-refractivity contribution in [1.82, 2.24) is 0 Å². The van der Waals surface area contributed by atoms with Gasteiger partial charge in [0.05, 0.1) is 5.69 Å². The zero-order valence-corrected chi connectivity index (χ0v) is 16.3. The molecule has 0 amide bonds. The summed E-state index contributed by atoms with van der Waals surface area (Å²) in [6, 6.07) is 25.4. The highest BCUT2D eigenvalue weighted by molar-refractivity contribution is 8.08. The number of benzene rings is 3. The molecule has 0 heterocycles. The monoisotopic (exact) mass is 357 g/mol. The summed E-state index contributed by atoms with van der Waals surface area (Å²) in [5.74, 6) is 0. The summed E-state index contributed by atoms with van der Waals surface area (Å²) in [6.45, 7) is 6.35. The molecule has 0 spiro atoms. The van der Waals surface area contributed by atoms with Crippen LogP contribution in [0.4, 0.5) is 5.69 Å². The number of rotatable bonds is 5. The van der Waals surface area contributed by atoms with Crippen molar-refractivity contribution in [3.8, 4) is 0 Å². The van der Waals surface area contributed by atoms with Crippen LogP contribution in [-0.2, 0) is 0 Å². The lowest BCUT2D eigenvalue weighted by molar-refractivity contribution is 1.38. The molecular weight excluding hydrogens is 334 g/mol. The Bertz CT molecular complexity index is 919. The molecule has 1 nitrogen and oxygen atoms in total. The van der Waals surface area contributed by atoms with Gasteiger partial charge in [-0.15, -0.1) is 0 Å². The normalized spacial score (nSPS) is 11.9. The minimum atomic E-state index is 0.969. The summed E-state index contributed by atoms with van der Waals surface area (Å²) in [6.07, 6.45) is 4.00. The van der Waals surface area contributed by atoms with Crippen molar-refractivity contribution in [2.75, 3.05) is 0 Å². The molecule has 26 heavy (non-hydrogen) atoms. The highest BCUT2D eigenvalue weighted by atomic mass is 32.2. The predicted octanol–water partition coefficient (Wildman–Crippen LogP) is 7.15. The third-order valence-corrected chi connectivity index (χ3v) is 5.23. The van der Waals surface area contributed by atoms with Crippen molar-refractivity contribution in [2.45, 2.75) is 25.7 Å². The topological polar surface area (TPSA) is 12.4 Å². The second-order valence-corrected chi connectivity index (χ2v) is 7.49. The van der Waals surface area contributed by atoms with E-state index < -0.39 is 0 Å². The van der Waals surface area contributed by atoms with Crippen LogP contribution in [0.2, 0.25) is 0 Å². The molecular formula is C24H23NS. The molecule has 0 radical (unpaired) electrons. The van der Waals surface area contributed by atoms with Crippen LogP contribution in [0.15, 0.2) is 88.8 Å². The van der Waals surface area contributed by atoms with E-state index in [-0.39, 0.29) is 0 Å². The van der Waals surface area contributed by atoms with Crippen LogP contribution in [-0.4, -0.2) is 6.21 Å². The van der Waals surface area contributed by atoms with E-state index in [9.17, 15) is 0 Å². The van der Waals surface area contributed by atoms with Crippen LogP contribution in [0, 0.1) is 20.8 Å². The van der Waals surface area contributed by atoms with E-state index >= 15 is 0 Å². The van der Waals surface area contributed by atoms with E-state index in [4.69, 9.17) is 0 Å². The van der Waals surface area contributed by atoms with E-state index in [0.29, 0.717) is 0 Å². The molecule has 0 saturated carbocycles. The number of nitrogens with zero attached hydrogens (tertiary/aromatic N) is 1. The van der Waals surface area contributed by atoms with Gasteiger partial charge in [-0.25, -0.2) is 0 Å². The summed E-state index contributed by atoms with van der Waals surface area (Å²) in [4.78, 5) is 7.01. The first-order valence-electron chi connectivity index (χ1n) is 8.73. The summed E-state index contributed by atoms with van der Waals surface area (Å²) in [5, 5.41) is 0. The average molecular weight is 358 g/mol. The van der Waals surface area contributed by atoms with Crippen LogP contribution in [0.1, 0.15) is 22.3 Å². The smallest absolute Gasteiger partial charge is 0.0629 e. The van der Waals surface area contributed by atoms with Crippen LogP contribution >= 0.6 is 11.8 Å². The number of allylic oxidation sites excluding steroid dienone is 1. The molecule has 0 aliphatic heterocycles. The largest absolute Gasteiger partial charge is 0.257 e. The fourth-order valence-electron chi connectivity index (χ4n) is 2.58. The van der Waals surface area contributed by atoms with Gasteiger partial charge in [-0.2, -0.15) is 0 Å². The maximum absolute atomic E-state index is 4.58. The molecule has 0 bridgehead atoms. The predicted molar refractivity (Wildman–Crippen MR) is 116 cm³/mol. The molecule has 0 aliphatic carbocycles. The second kappa shape index (κ2) is 8.68. The number of aliphatic imine (C=N–C) groups is 1. The Morgan fingerprint density at radius 1 is 0.769 bits per heavy atom. The van der Waals surface area contributed by atoms with Crippen molar-refractivity contribution in [3.05, 3.63) is 101 Å².